The molecule has 0 fully saturated rings. The molecule has 2 heterocycles. The second-order valence-electron chi connectivity index (χ2n) is 6.73. The monoisotopic (exact) mass is 384 g/mol. The van der Waals surface area contributed by atoms with E-state index in [1.165, 1.54) is 6.92 Å². The third-order valence-corrected chi connectivity index (χ3v) is 4.65. The van der Waals surface area contributed by atoms with E-state index in [4.69, 9.17) is 0 Å². The number of amides is 1. The number of anilines is 1. The number of benzene rings is 2. The van der Waals surface area contributed by atoms with Crippen LogP contribution in [0.2, 0.25) is 0 Å². The van der Waals surface area contributed by atoms with Crippen LogP contribution in [0, 0.1) is 0 Å². The maximum absolute atomic E-state index is 12.4. The molecular formula is C23H20N4O2. The normalized spacial score (nSPS) is 10.8. The zero-order chi connectivity index (χ0) is 20.2. The largest absolute Gasteiger partial charge is 0.326 e. The van der Waals surface area contributed by atoms with E-state index < -0.39 is 0 Å². The Morgan fingerprint density at radius 3 is 2.45 bits per heavy atom. The van der Waals surface area contributed by atoms with Crippen LogP contribution < -0.4 is 5.32 Å². The summed E-state index contributed by atoms with van der Waals surface area (Å²) in [5.41, 5.74) is 3.81. The quantitative estimate of drug-likeness (QED) is 0.506. The van der Waals surface area contributed by atoms with Gasteiger partial charge < -0.3 is 5.32 Å². The molecule has 0 bridgehead atoms. The van der Waals surface area contributed by atoms with Gasteiger partial charge >= 0.3 is 0 Å². The lowest BCUT2D eigenvalue weighted by Gasteiger charge is -2.09. The van der Waals surface area contributed by atoms with E-state index in [9.17, 15) is 9.59 Å². The number of ketones is 1. The smallest absolute Gasteiger partial charge is 0.224 e. The Labute approximate surface area is 168 Å². The van der Waals surface area contributed by atoms with E-state index >= 15 is 0 Å². The first-order chi connectivity index (χ1) is 14.1. The van der Waals surface area contributed by atoms with Crippen LogP contribution in [-0.2, 0) is 11.2 Å². The third-order valence-electron chi connectivity index (χ3n) is 4.65. The van der Waals surface area contributed by atoms with E-state index in [0.717, 1.165) is 22.7 Å². The number of carbonyl (C=O) groups excluding carboxylic acids is 2. The fraction of sp³-hybridized carbons (Fsp3) is 0.130. The number of imidazole rings is 1. The molecule has 2 aromatic carbocycles. The average molecular weight is 384 g/mol. The highest BCUT2D eigenvalue weighted by atomic mass is 16.1. The van der Waals surface area contributed by atoms with Crippen LogP contribution in [-0.4, -0.2) is 26.2 Å². The first-order valence-electron chi connectivity index (χ1n) is 9.40. The highest BCUT2D eigenvalue weighted by Gasteiger charge is 2.14. The minimum atomic E-state index is -0.111. The summed E-state index contributed by atoms with van der Waals surface area (Å²) in [6, 6.07) is 20.5. The Morgan fingerprint density at radius 2 is 1.72 bits per heavy atom. The zero-order valence-corrected chi connectivity index (χ0v) is 16.0. The number of Topliss-reactive ketones (excluding diaryl/α,β-unsaturated/α-hetero) is 1. The van der Waals surface area contributed by atoms with Crippen LogP contribution in [0.4, 0.5) is 5.69 Å². The van der Waals surface area contributed by atoms with E-state index in [0.29, 0.717) is 17.7 Å². The predicted molar refractivity (Wildman–Crippen MR) is 112 cm³/mol. The fourth-order valence-electron chi connectivity index (χ4n) is 3.21. The number of hydrogen-bond donors (Lipinski definition) is 1. The topological polar surface area (TPSA) is 76.9 Å². The summed E-state index contributed by atoms with van der Waals surface area (Å²) >= 11 is 0. The van der Waals surface area contributed by atoms with Crippen molar-refractivity contribution in [2.75, 3.05) is 5.32 Å². The van der Waals surface area contributed by atoms with Crippen LogP contribution >= 0.6 is 0 Å². The van der Waals surface area contributed by atoms with E-state index in [1.54, 1.807) is 30.5 Å². The summed E-state index contributed by atoms with van der Waals surface area (Å²) in [6.45, 7) is 1.52. The molecule has 0 aliphatic rings. The molecule has 0 aliphatic carbocycles. The van der Waals surface area contributed by atoms with Gasteiger partial charge in [-0.05, 0) is 55.5 Å². The van der Waals surface area contributed by atoms with Crippen LogP contribution in [0.3, 0.4) is 0 Å². The second kappa shape index (κ2) is 8.06. The highest BCUT2D eigenvalue weighted by molar-refractivity contribution is 5.95. The van der Waals surface area contributed by atoms with Crippen molar-refractivity contribution >= 4 is 28.5 Å². The minimum absolute atomic E-state index is 0.00343. The summed E-state index contributed by atoms with van der Waals surface area (Å²) < 4.78 is 1.99. The molecule has 4 rings (SSSR count). The van der Waals surface area contributed by atoms with Crippen molar-refractivity contribution in [1.29, 1.82) is 0 Å². The standard InChI is InChI=1S/C23H20N4O2/c1-16(28)17-9-11-18(12-10-17)25-22(29)14-13-21-26-20-8-5-15-24-23(20)27(21)19-6-3-2-4-7-19/h2-12,15H,13-14H2,1H3,(H,25,29). The number of nitrogens with zero attached hydrogens (tertiary/aromatic N) is 3. The summed E-state index contributed by atoms with van der Waals surface area (Å²) in [4.78, 5) is 32.9. The van der Waals surface area contributed by atoms with Gasteiger partial charge in [-0.2, -0.15) is 0 Å². The van der Waals surface area contributed by atoms with Crippen LogP contribution in [0.15, 0.2) is 72.9 Å². The first-order valence-corrected chi connectivity index (χ1v) is 9.40. The molecule has 0 saturated heterocycles. The maximum Gasteiger partial charge on any atom is 0.224 e. The number of fused-ring (bicyclic) bond motifs is 1. The van der Waals surface area contributed by atoms with E-state index in [2.05, 4.69) is 15.3 Å². The van der Waals surface area contributed by atoms with Crippen LogP contribution in [0.25, 0.3) is 16.9 Å². The molecule has 144 valence electrons. The van der Waals surface area contributed by atoms with Gasteiger partial charge in [-0.3, -0.25) is 14.2 Å². The van der Waals surface area contributed by atoms with Crippen molar-refractivity contribution in [1.82, 2.24) is 14.5 Å². The molecule has 0 unspecified atom stereocenters. The van der Waals surface area contributed by atoms with Gasteiger partial charge in [-0.25, -0.2) is 9.97 Å². The number of nitrogens with one attached hydrogen (secondary N) is 1. The molecule has 1 amide bonds. The molecule has 6 heteroatoms. The Bertz CT molecular complexity index is 1160. The Morgan fingerprint density at radius 1 is 0.966 bits per heavy atom. The Hall–Kier alpha value is -3.80. The molecule has 0 saturated carbocycles. The fourth-order valence-corrected chi connectivity index (χ4v) is 3.21. The van der Waals surface area contributed by atoms with Crippen molar-refractivity contribution in [3.8, 4) is 5.69 Å². The number of rotatable bonds is 6. The Balaban J connectivity index is 1.52. The number of carbonyl (C=O) groups is 2. The average Bonchev–Trinajstić information content (AvgIpc) is 3.12. The third kappa shape index (κ3) is 4.06. The molecule has 6 nitrogen and oxygen atoms in total. The predicted octanol–water partition coefficient (Wildman–Crippen LogP) is 4.19. The van der Waals surface area contributed by atoms with E-state index in [-0.39, 0.29) is 18.1 Å². The summed E-state index contributed by atoms with van der Waals surface area (Å²) in [5, 5.41) is 2.87. The van der Waals surface area contributed by atoms with Gasteiger partial charge in [0.15, 0.2) is 11.4 Å². The lowest BCUT2D eigenvalue weighted by molar-refractivity contribution is -0.116. The van der Waals surface area contributed by atoms with Crippen molar-refractivity contribution in [2.45, 2.75) is 19.8 Å². The van der Waals surface area contributed by atoms with Gasteiger partial charge in [-0.1, -0.05) is 18.2 Å². The number of para-hydroxylation sites is 1. The molecule has 29 heavy (non-hydrogen) atoms. The maximum atomic E-state index is 12.4. The van der Waals surface area contributed by atoms with Gasteiger partial charge in [0, 0.05) is 36.0 Å². The van der Waals surface area contributed by atoms with Gasteiger partial charge in [-0.15, -0.1) is 0 Å². The lowest BCUT2D eigenvalue weighted by atomic mass is 10.1. The molecule has 0 atom stereocenters. The van der Waals surface area contributed by atoms with Gasteiger partial charge in [0.25, 0.3) is 0 Å². The second-order valence-corrected chi connectivity index (χ2v) is 6.73. The van der Waals surface area contributed by atoms with Gasteiger partial charge in [0.1, 0.15) is 11.3 Å². The van der Waals surface area contributed by atoms with Gasteiger partial charge in [0.05, 0.1) is 0 Å². The zero-order valence-electron chi connectivity index (χ0n) is 16.0. The van der Waals surface area contributed by atoms with Crippen molar-refractivity contribution in [3.63, 3.8) is 0 Å². The number of aryl methyl sites for hydroxylation is 1. The molecule has 4 aromatic rings. The minimum Gasteiger partial charge on any atom is -0.326 e. The summed E-state index contributed by atoms with van der Waals surface area (Å²) in [7, 11) is 0. The number of hydrogen-bond acceptors (Lipinski definition) is 4. The summed E-state index contributed by atoms with van der Waals surface area (Å²) in [5.74, 6) is 0.670. The first kappa shape index (κ1) is 18.6. The highest BCUT2D eigenvalue weighted by Crippen LogP contribution is 2.21. The van der Waals surface area contributed by atoms with Gasteiger partial charge in [0.2, 0.25) is 5.91 Å². The van der Waals surface area contributed by atoms with E-state index in [1.807, 2.05) is 47.0 Å². The van der Waals surface area contributed by atoms with Crippen LogP contribution in [0.5, 0.6) is 0 Å². The number of pyridine rings is 1. The molecule has 2 aromatic heterocycles. The van der Waals surface area contributed by atoms with Crippen LogP contribution in [0.1, 0.15) is 29.5 Å². The molecule has 1 N–H and O–H groups in total. The van der Waals surface area contributed by atoms with Crippen molar-refractivity contribution in [2.24, 2.45) is 0 Å². The Kier molecular flexibility index (Phi) is 5.16. The van der Waals surface area contributed by atoms with Crippen molar-refractivity contribution < 1.29 is 9.59 Å². The molecule has 0 spiro atoms. The van der Waals surface area contributed by atoms with Crippen molar-refractivity contribution in [3.05, 3.63) is 84.3 Å². The molecular weight excluding hydrogens is 364 g/mol. The SMILES string of the molecule is CC(=O)c1ccc(NC(=O)CCc2nc3cccnc3n2-c2ccccc2)cc1. The molecule has 0 radical (unpaired) electrons. The summed E-state index contributed by atoms with van der Waals surface area (Å²) in [6.07, 6.45) is 2.50. The lowest BCUT2D eigenvalue weighted by Crippen LogP contribution is -2.14. The number of aromatic nitrogens is 3. The molecule has 0 aliphatic heterocycles.